The Morgan fingerprint density at radius 2 is 1.41 bits per heavy atom. The van der Waals surface area contributed by atoms with Gasteiger partial charge in [0, 0.05) is 68.8 Å². The fourth-order valence-corrected chi connectivity index (χ4v) is 11.1. The standard InChI is InChI=1S/C48H51N5O5/c1-50(24-29-25-51(26-29)36-10-7-31(8-11-36)45-39(30-5-3-2-4-6-30)17-9-32-21-38(54)16-18-40(32)45)35-12-14-37(15-13-35)52-27-33-22-41-42(23-34(33)28-52)48(58)53(47(41)57)43-19-20-44(55)49-46(43)56/h2-8,10-11,16,18,21-23,29,35,37,39,43,45,54H,9,12-15,17,19-20,24-28H2,1H3,(H,49,55,56)/t35?,37?,39-,43?,45+/m1/s1. The van der Waals surface area contributed by atoms with Gasteiger partial charge >= 0.3 is 0 Å². The molecule has 58 heavy (non-hydrogen) atoms. The van der Waals surface area contributed by atoms with Gasteiger partial charge in [-0.05, 0) is 128 Å². The Balaban J connectivity index is 0.715. The molecule has 0 radical (unpaired) electrons. The third kappa shape index (κ3) is 6.60. The topological polar surface area (TPSA) is 114 Å². The molecule has 4 aromatic rings. The van der Waals surface area contributed by atoms with E-state index in [1.165, 1.54) is 27.9 Å². The number of carbonyl (C=O) groups excluding carboxylic acids is 4. The zero-order valence-corrected chi connectivity index (χ0v) is 33.1. The van der Waals surface area contributed by atoms with Crippen LogP contribution < -0.4 is 10.2 Å². The summed E-state index contributed by atoms with van der Waals surface area (Å²) in [6, 6.07) is 29.9. The summed E-state index contributed by atoms with van der Waals surface area (Å²) in [7, 11) is 2.30. The van der Waals surface area contributed by atoms with Gasteiger partial charge < -0.3 is 14.9 Å². The molecule has 3 fully saturated rings. The van der Waals surface area contributed by atoms with E-state index >= 15 is 0 Å². The number of aromatic hydroxyl groups is 1. The summed E-state index contributed by atoms with van der Waals surface area (Å²) in [4.78, 5) is 59.6. The first-order valence-electron chi connectivity index (χ1n) is 21.2. The molecular formula is C48H51N5O5. The number of fused-ring (bicyclic) bond motifs is 3. The molecule has 4 aliphatic heterocycles. The molecule has 0 aromatic heterocycles. The first-order valence-corrected chi connectivity index (χ1v) is 21.2. The molecule has 10 nitrogen and oxygen atoms in total. The number of benzene rings is 4. The van der Waals surface area contributed by atoms with Crippen molar-refractivity contribution in [3.05, 3.63) is 129 Å². The van der Waals surface area contributed by atoms with Crippen LogP contribution in [0.2, 0.25) is 0 Å². The van der Waals surface area contributed by atoms with Crippen LogP contribution in [-0.2, 0) is 29.1 Å². The molecule has 2 N–H and O–H groups in total. The van der Waals surface area contributed by atoms with E-state index in [1.54, 1.807) is 0 Å². The maximum Gasteiger partial charge on any atom is 0.262 e. The monoisotopic (exact) mass is 777 g/mol. The fraction of sp³-hybridized carbons (Fsp3) is 0.417. The summed E-state index contributed by atoms with van der Waals surface area (Å²) in [5.74, 6) is -0.174. The summed E-state index contributed by atoms with van der Waals surface area (Å²) in [5, 5.41) is 12.5. The van der Waals surface area contributed by atoms with Crippen LogP contribution in [-0.4, -0.2) is 88.2 Å². The average Bonchev–Trinajstić information content (AvgIpc) is 3.75. The molecule has 4 heterocycles. The van der Waals surface area contributed by atoms with Crippen molar-refractivity contribution in [3.8, 4) is 5.75 Å². The van der Waals surface area contributed by atoms with Gasteiger partial charge in [-0.1, -0.05) is 48.5 Å². The predicted octanol–water partition coefficient (Wildman–Crippen LogP) is 6.35. The Morgan fingerprint density at radius 3 is 2.09 bits per heavy atom. The highest BCUT2D eigenvalue weighted by Crippen LogP contribution is 2.47. The van der Waals surface area contributed by atoms with E-state index in [0.717, 1.165) is 87.3 Å². The van der Waals surface area contributed by atoms with Crippen LogP contribution in [0.15, 0.2) is 84.9 Å². The lowest BCUT2D eigenvalue weighted by Crippen LogP contribution is -2.54. The van der Waals surface area contributed by atoms with Crippen LogP contribution in [0.5, 0.6) is 5.75 Å². The normalized spacial score (nSPS) is 26.1. The maximum absolute atomic E-state index is 13.4. The van der Waals surface area contributed by atoms with Crippen molar-refractivity contribution in [2.75, 3.05) is 31.6 Å². The molecular weight excluding hydrogens is 727 g/mol. The van der Waals surface area contributed by atoms with Crippen molar-refractivity contribution in [3.63, 3.8) is 0 Å². The number of hydrogen-bond acceptors (Lipinski definition) is 8. The Labute approximate surface area is 339 Å². The molecule has 4 amide bonds. The molecule has 1 saturated carbocycles. The summed E-state index contributed by atoms with van der Waals surface area (Å²) >= 11 is 0. The van der Waals surface area contributed by atoms with Crippen LogP contribution in [0.1, 0.15) is 111 Å². The predicted molar refractivity (Wildman–Crippen MR) is 221 cm³/mol. The number of imide groups is 2. The molecule has 2 aliphatic carbocycles. The maximum atomic E-state index is 13.4. The number of amides is 4. The highest BCUT2D eigenvalue weighted by Gasteiger charge is 2.46. The minimum absolute atomic E-state index is 0.115. The van der Waals surface area contributed by atoms with Gasteiger partial charge in [-0.2, -0.15) is 0 Å². The number of nitrogens with zero attached hydrogens (tertiary/aromatic N) is 4. The molecule has 10 rings (SSSR count). The summed E-state index contributed by atoms with van der Waals surface area (Å²) in [5.41, 5.74) is 9.51. The molecule has 4 aromatic carbocycles. The van der Waals surface area contributed by atoms with Gasteiger partial charge in [-0.3, -0.25) is 34.3 Å². The number of aryl methyl sites for hydroxylation is 1. The van der Waals surface area contributed by atoms with Crippen molar-refractivity contribution >= 4 is 29.3 Å². The summed E-state index contributed by atoms with van der Waals surface area (Å²) < 4.78 is 0. The second-order valence-corrected chi connectivity index (χ2v) is 17.7. The van der Waals surface area contributed by atoms with E-state index in [2.05, 4.69) is 87.7 Å². The van der Waals surface area contributed by atoms with Crippen molar-refractivity contribution in [1.82, 2.24) is 20.0 Å². The number of piperidine rings is 1. The fourth-order valence-electron chi connectivity index (χ4n) is 11.1. The van der Waals surface area contributed by atoms with Crippen LogP contribution >= 0.6 is 0 Å². The Morgan fingerprint density at radius 1 is 0.724 bits per heavy atom. The number of hydrogen-bond donors (Lipinski definition) is 2. The minimum atomic E-state index is -0.941. The van der Waals surface area contributed by atoms with Gasteiger partial charge in [0.15, 0.2) is 0 Å². The van der Waals surface area contributed by atoms with E-state index in [1.807, 2.05) is 24.3 Å². The molecule has 10 heteroatoms. The molecule has 2 saturated heterocycles. The van der Waals surface area contributed by atoms with Crippen molar-refractivity contribution in [1.29, 1.82) is 0 Å². The lowest BCUT2D eigenvalue weighted by atomic mass is 9.69. The van der Waals surface area contributed by atoms with Gasteiger partial charge in [0.2, 0.25) is 11.8 Å². The van der Waals surface area contributed by atoms with Gasteiger partial charge in [0.1, 0.15) is 11.8 Å². The van der Waals surface area contributed by atoms with Crippen LogP contribution in [0.25, 0.3) is 0 Å². The summed E-state index contributed by atoms with van der Waals surface area (Å²) in [6.07, 6.45) is 6.90. The number of anilines is 1. The van der Waals surface area contributed by atoms with Crippen molar-refractivity contribution in [2.45, 2.75) is 94.4 Å². The second-order valence-electron chi connectivity index (χ2n) is 17.7. The Bertz CT molecular complexity index is 2230. The number of rotatable bonds is 8. The van der Waals surface area contributed by atoms with Gasteiger partial charge in [-0.15, -0.1) is 0 Å². The zero-order chi connectivity index (χ0) is 39.7. The highest BCUT2D eigenvalue weighted by atomic mass is 16.3. The Kier molecular flexibility index (Phi) is 9.44. The smallest absolute Gasteiger partial charge is 0.262 e. The molecule has 3 atom stereocenters. The lowest BCUT2D eigenvalue weighted by molar-refractivity contribution is -0.136. The third-order valence-electron chi connectivity index (χ3n) is 14.2. The Hall–Kier alpha value is -5.32. The number of phenols is 1. The number of nitrogens with one attached hydrogen (secondary N) is 1. The zero-order valence-electron chi connectivity index (χ0n) is 33.1. The molecule has 1 unspecified atom stereocenters. The van der Waals surface area contributed by atoms with E-state index in [0.29, 0.717) is 40.8 Å². The van der Waals surface area contributed by atoms with Crippen LogP contribution in [0.3, 0.4) is 0 Å². The van der Waals surface area contributed by atoms with Gasteiger partial charge in [0.05, 0.1) is 11.1 Å². The number of carbonyl (C=O) groups is 4. The van der Waals surface area contributed by atoms with Crippen molar-refractivity contribution in [2.24, 2.45) is 5.92 Å². The lowest BCUT2D eigenvalue weighted by Gasteiger charge is -2.45. The second kappa shape index (κ2) is 14.8. The molecule has 6 aliphatic rings. The largest absolute Gasteiger partial charge is 0.508 e. The van der Waals surface area contributed by atoms with Crippen LogP contribution in [0, 0.1) is 5.92 Å². The van der Waals surface area contributed by atoms with Gasteiger partial charge in [0.25, 0.3) is 11.8 Å². The van der Waals surface area contributed by atoms with E-state index in [9.17, 15) is 24.3 Å². The van der Waals surface area contributed by atoms with E-state index < -0.39 is 23.8 Å². The molecule has 0 spiro atoms. The van der Waals surface area contributed by atoms with Crippen molar-refractivity contribution < 1.29 is 24.3 Å². The molecule has 0 bridgehead atoms. The third-order valence-corrected chi connectivity index (χ3v) is 14.2. The van der Waals surface area contributed by atoms with E-state index in [4.69, 9.17) is 0 Å². The molecule has 298 valence electrons. The first kappa shape index (κ1) is 37.0. The quantitative estimate of drug-likeness (QED) is 0.199. The first-order chi connectivity index (χ1) is 28.2. The van der Waals surface area contributed by atoms with E-state index in [-0.39, 0.29) is 24.7 Å². The van der Waals surface area contributed by atoms with Crippen LogP contribution in [0.4, 0.5) is 5.69 Å². The van der Waals surface area contributed by atoms with Gasteiger partial charge in [-0.25, -0.2) is 0 Å². The average molecular weight is 778 g/mol. The highest BCUT2D eigenvalue weighted by molar-refractivity contribution is 6.23. The minimum Gasteiger partial charge on any atom is -0.508 e. The SMILES string of the molecule is CN(CC1CN(c2ccc([C@@H]3c4ccc(O)cc4CC[C@@H]3c3ccccc3)cc2)C1)C1CCC(N2Cc3cc4c(cc3C2)C(=O)N(C2CCC(=O)NC2=O)C4=O)CC1. The summed E-state index contributed by atoms with van der Waals surface area (Å²) in [6.45, 7) is 4.78. The number of phenolic OH excluding ortho intramolecular Hbond substituents is 1.